The molecule has 0 atom stereocenters. The predicted octanol–water partition coefficient (Wildman–Crippen LogP) is 4.17. The fourth-order valence-corrected chi connectivity index (χ4v) is 3.60. The lowest BCUT2D eigenvalue weighted by Gasteiger charge is -2.18. The summed E-state index contributed by atoms with van der Waals surface area (Å²) >= 11 is 9.76. The van der Waals surface area contributed by atoms with E-state index in [0.29, 0.717) is 5.15 Å². The maximum absolute atomic E-state index is 9.36. The molecule has 0 radical (unpaired) electrons. The fraction of sp³-hybridized carbons (Fsp3) is 0.286. The average molecular weight is 337 g/mol. The van der Waals surface area contributed by atoms with Crippen molar-refractivity contribution in [1.29, 1.82) is 5.26 Å². The third kappa shape index (κ3) is 1.98. The summed E-state index contributed by atoms with van der Waals surface area (Å²) in [6, 6.07) is 6.11. The minimum Gasteiger partial charge on any atom is -0.342 e. The Morgan fingerprint density at radius 3 is 3.00 bits per heavy atom. The molecule has 96 valence electrons. The molecule has 3 heterocycles. The number of halogens is 2. The highest BCUT2D eigenvalue weighted by molar-refractivity contribution is 9.10. The summed E-state index contributed by atoms with van der Waals surface area (Å²) in [5, 5.41) is 9.83. The topological polar surface area (TPSA) is 41.6 Å². The van der Waals surface area contributed by atoms with Crippen molar-refractivity contribution in [3.63, 3.8) is 0 Å². The smallest absolute Gasteiger partial charge is 0.138 e. The van der Waals surface area contributed by atoms with Gasteiger partial charge in [-0.15, -0.1) is 0 Å². The zero-order chi connectivity index (χ0) is 13.4. The van der Waals surface area contributed by atoms with Crippen LogP contribution in [0.2, 0.25) is 5.15 Å². The fourth-order valence-electron chi connectivity index (χ4n) is 2.64. The van der Waals surface area contributed by atoms with Crippen molar-refractivity contribution in [3.8, 4) is 17.3 Å². The average Bonchev–Trinajstić information content (AvgIpc) is 2.71. The molecular formula is C14H11BrClN3. The highest BCUT2D eigenvalue weighted by Crippen LogP contribution is 2.40. The van der Waals surface area contributed by atoms with Crippen LogP contribution >= 0.6 is 27.5 Å². The molecule has 0 aliphatic carbocycles. The van der Waals surface area contributed by atoms with Crippen molar-refractivity contribution in [2.45, 2.75) is 25.8 Å². The van der Waals surface area contributed by atoms with Gasteiger partial charge in [-0.2, -0.15) is 5.26 Å². The minimum atomic E-state index is 0.471. The molecule has 0 saturated carbocycles. The van der Waals surface area contributed by atoms with E-state index in [4.69, 9.17) is 11.6 Å². The second-order valence-corrected chi connectivity index (χ2v) is 5.70. The van der Waals surface area contributed by atoms with Gasteiger partial charge in [0.15, 0.2) is 0 Å². The summed E-state index contributed by atoms with van der Waals surface area (Å²) in [4.78, 5) is 4.13. The first-order chi connectivity index (χ1) is 9.24. The van der Waals surface area contributed by atoms with Crippen LogP contribution < -0.4 is 0 Å². The molecule has 0 spiro atoms. The molecule has 3 rings (SSSR count). The number of aromatic nitrogens is 2. The first-order valence-electron chi connectivity index (χ1n) is 6.16. The summed E-state index contributed by atoms with van der Waals surface area (Å²) in [5.41, 5.74) is 3.69. The molecule has 3 nitrogen and oxygen atoms in total. The zero-order valence-electron chi connectivity index (χ0n) is 10.2. The van der Waals surface area contributed by atoms with Gasteiger partial charge in [0, 0.05) is 24.0 Å². The van der Waals surface area contributed by atoms with Gasteiger partial charge in [0.25, 0.3) is 0 Å². The van der Waals surface area contributed by atoms with Crippen LogP contribution in [0.1, 0.15) is 24.1 Å². The van der Waals surface area contributed by atoms with E-state index in [9.17, 15) is 5.26 Å². The Bertz CT molecular complexity index is 685. The first kappa shape index (κ1) is 12.7. The van der Waals surface area contributed by atoms with E-state index in [-0.39, 0.29) is 0 Å². The second-order valence-electron chi connectivity index (χ2n) is 4.55. The second kappa shape index (κ2) is 4.99. The molecule has 19 heavy (non-hydrogen) atoms. The maximum Gasteiger partial charge on any atom is 0.138 e. The number of pyridine rings is 1. The normalized spacial score (nSPS) is 13.9. The van der Waals surface area contributed by atoms with Crippen LogP contribution in [0.4, 0.5) is 0 Å². The zero-order valence-corrected chi connectivity index (χ0v) is 12.5. The van der Waals surface area contributed by atoms with Crippen molar-refractivity contribution in [3.05, 3.63) is 39.2 Å². The minimum absolute atomic E-state index is 0.471. The summed E-state index contributed by atoms with van der Waals surface area (Å²) in [7, 11) is 0. The molecular weight excluding hydrogens is 326 g/mol. The Balaban J connectivity index is 2.31. The SMILES string of the molecule is N#Cc1c(Br)c(-c2cccnc2Cl)n2c1CCCC2. The molecule has 0 N–H and O–H groups in total. The van der Waals surface area contributed by atoms with E-state index in [1.54, 1.807) is 6.20 Å². The predicted molar refractivity (Wildman–Crippen MR) is 78.0 cm³/mol. The Hall–Kier alpha value is -1.31. The Morgan fingerprint density at radius 2 is 2.26 bits per heavy atom. The van der Waals surface area contributed by atoms with E-state index in [1.165, 1.54) is 0 Å². The van der Waals surface area contributed by atoms with Crippen LogP contribution in [0.5, 0.6) is 0 Å². The quantitative estimate of drug-likeness (QED) is 0.733. The molecule has 2 aromatic rings. The molecule has 0 aromatic carbocycles. The van der Waals surface area contributed by atoms with Gasteiger partial charge >= 0.3 is 0 Å². The van der Waals surface area contributed by atoms with Crippen molar-refractivity contribution >= 4 is 27.5 Å². The lowest BCUT2D eigenvalue weighted by Crippen LogP contribution is -2.11. The summed E-state index contributed by atoms with van der Waals surface area (Å²) < 4.78 is 3.04. The molecule has 1 aliphatic rings. The molecule has 0 fully saturated rings. The summed E-state index contributed by atoms with van der Waals surface area (Å²) in [6.07, 6.45) is 4.87. The van der Waals surface area contributed by atoms with E-state index >= 15 is 0 Å². The van der Waals surface area contributed by atoms with Crippen molar-refractivity contribution in [2.24, 2.45) is 0 Å². The number of nitriles is 1. The molecule has 1 aliphatic heterocycles. The maximum atomic E-state index is 9.36. The molecule has 0 amide bonds. The van der Waals surface area contributed by atoms with Gasteiger partial charge in [0.2, 0.25) is 0 Å². The van der Waals surface area contributed by atoms with Crippen molar-refractivity contribution in [2.75, 3.05) is 0 Å². The van der Waals surface area contributed by atoms with Gasteiger partial charge < -0.3 is 4.57 Å². The Kier molecular flexibility index (Phi) is 3.34. The standard InChI is InChI=1S/C14H11BrClN3/c15-12-10(8-17)11-5-1-2-7-19(11)13(12)9-4-3-6-18-14(9)16/h3-4,6H,1-2,5,7H2. The van der Waals surface area contributed by atoms with Crippen LogP contribution in [-0.2, 0) is 13.0 Å². The van der Waals surface area contributed by atoms with Gasteiger partial charge in [-0.1, -0.05) is 11.6 Å². The van der Waals surface area contributed by atoms with Crippen LogP contribution in [0, 0.1) is 11.3 Å². The third-order valence-electron chi connectivity index (χ3n) is 3.48. The number of nitrogens with zero attached hydrogens (tertiary/aromatic N) is 3. The van der Waals surface area contributed by atoms with Crippen LogP contribution in [0.3, 0.4) is 0 Å². The Labute approximate surface area is 125 Å². The molecule has 0 bridgehead atoms. The van der Waals surface area contributed by atoms with Crippen molar-refractivity contribution in [1.82, 2.24) is 9.55 Å². The van der Waals surface area contributed by atoms with Crippen LogP contribution in [0.25, 0.3) is 11.3 Å². The van der Waals surface area contributed by atoms with E-state index in [1.807, 2.05) is 12.1 Å². The number of hydrogen-bond donors (Lipinski definition) is 0. The van der Waals surface area contributed by atoms with E-state index in [0.717, 1.165) is 52.8 Å². The summed E-state index contributed by atoms with van der Waals surface area (Å²) in [5.74, 6) is 0. The highest BCUT2D eigenvalue weighted by Gasteiger charge is 2.25. The Morgan fingerprint density at radius 1 is 1.42 bits per heavy atom. The number of fused-ring (bicyclic) bond motifs is 1. The number of rotatable bonds is 1. The lowest BCUT2D eigenvalue weighted by molar-refractivity contribution is 0.536. The van der Waals surface area contributed by atoms with Gasteiger partial charge in [0.1, 0.15) is 11.2 Å². The first-order valence-corrected chi connectivity index (χ1v) is 7.33. The van der Waals surface area contributed by atoms with Crippen LogP contribution in [0.15, 0.2) is 22.8 Å². The van der Waals surface area contributed by atoms with E-state index < -0.39 is 0 Å². The molecule has 2 aromatic heterocycles. The highest BCUT2D eigenvalue weighted by atomic mass is 79.9. The van der Waals surface area contributed by atoms with Gasteiger partial charge in [-0.25, -0.2) is 4.98 Å². The van der Waals surface area contributed by atoms with Crippen LogP contribution in [-0.4, -0.2) is 9.55 Å². The van der Waals surface area contributed by atoms with Crippen molar-refractivity contribution < 1.29 is 0 Å². The lowest BCUT2D eigenvalue weighted by atomic mass is 10.1. The van der Waals surface area contributed by atoms with E-state index in [2.05, 4.69) is 31.6 Å². The molecule has 5 heteroatoms. The van der Waals surface area contributed by atoms with Gasteiger partial charge in [-0.05, 0) is 47.3 Å². The number of hydrogen-bond acceptors (Lipinski definition) is 2. The summed E-state index contributed by atoms with van der Waals surface area (Å²) in [6.45, 7) is 0.927. The van der Waals surface area contributed by atoms with Gasteiger partial charge in [-0.3, -0.25) is 0 Å². The largest absolute Gasteiger partial charge is 0.342 e. The monoisotopic (exact) mass is 335 g/mol. The molecule has 0 saturated heterocycles. The third-order valence-corrected chi connectivity index (χ3v) is 4.56. The molecule has 0 unspecified atom stereocenters. The van der Waals surface area contributed by atoms with Gasteiger partial charge in [0.05, 0.1) is 15.7 Å².